The second kappa shape index (κ2) is 6.95. The van der Waals surface area contributed by atoms with Gasteiger partial charge in [0.25, 0.3) is 0 Å². The van der Waals surface area contributed by atoms with E-state index in [-0.39, 0.29) is 5.82 Å². The number of piperazine rings is 1. The molecular weight excluding hydrogens is 345 g/mol. The summed E-state index contributed by atoms with van der Waals surface area (Å²) >= 11 is 0. The predicted molar refractivity (Wildman–Crippen MR) is 92.9 cm³/mol. The first-order valence-corrected chi connectivity index (χ1v) is 8.16. The molecule has 1 aliphatic heterocycles. The van der Waals surface area contributed by atoms with Gasteiger partial charge in [0.1, 0.15) is 5.82 Å². The van der Waals surface area contributed by atoms with Crippen LogP contribution >= 0.6 is 0 Å². The van der Waals surface area contributed by atoms with Crippen molar-refractivity contribution in [3.05, 3.63) is 47.7 Å². The molecule has 0 saturated carbocycles. The first-order valence-electron chi connectivity index (χ1n) is 8.16. The molecule has 1 saturated heterocycles. The lowest BCUT2D eigenvalue weighted by molar-refractivity contribution is -0.137. The lowest BCUT2D eigenvalue weighted by Gasteiger charge is -2.34. The standard InChI is InChI=1S/C18H19F3N4O/c1-24-6-8-25(9-7-24)17-15(18(19,20)21)10-14(11-23-17)12-2-4-13(5-3-12)16(22)26/h2-5,10-11H,6-9H2,1H3,(H2,22,26). The number of primary amides is 1. The summed E-state index contributed by atoms with van der Waals surface area (Å²) in [7, 11) is 1.94. The van der Waals surface area contributed by atoms with Crippen LogP contribution in [0.4, 0.5) is 19.0 Å². The van der Waals surface area contributed by atoms with Gasteiger partial charge in [-0.25, -0.2) is 4.98 Å². The number of carbonyl (C=O) groups excluding carboxylic acids is 1. The molecule has 26 heavy (non-hydrogen) atoms. The van der Waals surface area contributed by atoms with Gasteiger partial charge < -0.3 is 15.5 Å². The Morgan fingerprint density at radius 2 is 1.69 bits per heavy atom. The second-order valence-corrected chi connectivity index (χ2v) is 6.32. The summed E-state index contributed by atoms with van der Waals surface area (Å²) in [4.78, 5) is 19.0. The lowest BCUT2D eigenvalue weighted by atomic mass is 10.0. The van der Waals surface area contributed by atoms with Gasteiger partial charge in [0.15, 0.2) is 0 Å². The van der Waals surface area contributed by atoms with Crippen molar-refractivity contribution in [3.63, 3.8) is 0 Å². The molecule has 1 aromatic heterocycles. The summed E-state index contributed by atoms with van der Waals surface area (Å²) in [6.07, 6.45) is -3.07. The van der Waals surface area contributed by atoms with Crippen LogP contribution in [0.3, 0.4) is 0 Å². The third kappa shape index (κ3) is 3.80. The average Bonchev–Trinajstić information content (AvgIpc) is 2.61. The van der Waals surface area contributed by atoms with Crippen molar-refractivity contribution in [3.8, 4) is 11.1 Å². The molecule has 8 heteroatoms. The van der Waals surface area contributed by atoms with Crippen molar-refractivity contribution < 1.29 is 18.0 Å². The number of alkyl halides is 3. The lowest BCUT2D eigenvalue weighted by Crippen LogP contribution is -2.45. The van der Waals surface area contributed by atoms with Gasteiger partial charge in [-0.3, -0.25) is 4.79 Å². The number of rotatable bonds is 3. The van der Waals surface area contributed by atoms with Gasteiger partial charge in [0.05, 0.1) is 5.56 Å². The SMILES string of the molecule is CN1CCN(c2ncc(-c3ccc(C(N)=O)cc3)cc2C(F)(F)F)CC1. The van der Waals surface area contributed by atoms with Crippen LogP contribution in [0.5, 0.6) is 0 Å². The van der Waals surface area contributed by atoms with E-state index in [0.29, 0.717) is 42.9 Å². The van der Waals surface area contributed by atoms with E-state index < -0.39 is 17.6 Å². The summed E-state index contributed by atoms with van der Waals surface area (Å²) in [5.41, 5.74) is 5.61. The van der Waals surface area contributed by atoms with Crippen molar-refractivity contribution in [1.82, 2.24) is 9.88 Å². The van der Waals surface area contributed by atoms with Crippen molar-refractivity contribution in [2.45, 2.75) is 6.18 Å². The van der Waals surface area contributed by atoms with E-state index in [0.717, 1.165) is 6.07 Å². The molecule has 2 N–H and O–H groups in total. The Kier molecular flexibility index (Phi) is 4.86. The minimum Gasteiger partial charge on any atom is -0.366 e. The molecule has 138 valence electrons. The number of likely N-dealkylation sites (N-methyl/N-ethyl adjacent to an activating group) is 1. The number of amides is 1. The van der Waals surface area contributed by atoms with E-state index in [4.69, 9.17) is 5.73 Å². The van der Waals surface area contributed by atoms with E-state index in [1.165, 1.54) is 18.3 Å². The predicted octanol–water partition coefficient (Wildman–Crippen LogP) is 2.62. The summed E-state index contributed by atoms with van der Waals surface area (Å²) in [6, 6.07) is 7.21. The Morgan fingerprint density at radius 3 is 2.23 bits per heavy atom. The number of carbonyl (C=O) groups is 1. The molecule has 1 aromatic carbocycles. The quantitative estimate of drug-likeness (QED) is 0.910. The van der Waals surface area contributed by atoms with E-state index in [1.807, 2.05) is 7.05 Å². The van der Waals surface area contributed by atoms with Gasteiger partial charge in [0, 0.05) is 43.5 Å². The van der Waals surface area contributed by atoms with E-state index >= 15 is 0 Å². The Bertz CT molecular complexity index is 797. The average molecular weight is 364 g/mol. The highest BCUT2D eigenvalue weighted by molar-refractivity contribution is 5.93. The molecule has 1 fully saturated rings. The number of nitrogens with zero attached hydrogens (tertiary/aromatic N) is 3. The first-order chi connectivity index (χ1) is 12.3. The minimum absolute atomic E-state index is 0.0388. The fourth-order valence-corrected chi connectivity index (χ4v) is 2.92. The highest BCUT2D eigenvalue weighted by Gasteiger charge is 2.36. The number of hydrogen-bond donors (Lipinski definition) is 1. The molecule has 0 spiro atoms. The van der Waals surface area contributed by atoms with Crippen LogP contribution < -0.4 is 10.6 Å². The molecular formula is C18H19F3N4O. The molecule has 1 amide bonds. The number of nitrogens with two attached hydrogens (primary N) is 1. The smallest absolute Gasteiger partial charge is 0.366 e. The molecule has 5 nitrogen and oxygen atoms in total. The summed E-state index contributed by atoms with van der Waals surface area (Å²) in [6.45, 7) is 2.38. The van der Waals surface area contributed by atoms with Gasteiger partial charge in [-0.2, -0.15) is 13.2 Å². The Hall–Kier alpha value is -2.61. The molecule has 0 unspecified atom stereocenters. The maximum Gasteiger partial charge on any atom is 0.419 e. The highest BCUT2D eigenvalue weighted by atomic mass is 19.4. The molecule has 1 aliphatic rings. The highest BCUT2D eigenvalue weighted by Crippen LogP contribution is 2.38. The molecule has 0 radical (unpaired) electrons. The van der Waals surface area contributed by atoms with Gasteiger partial charge in [-0.1, -0.05) is 12.1 Å². The number of anilines is 1. The molecule has 3 rings (SSSR count). The van der Waals surface area contributed by atoms with Gasteiger partial charge in [-0.15, -0.1) is 0 Å². The first kappa shape index (κ1) is 18.2. The summed E-state index contributed by atoms with van der Waals surface area (Å²) < 4.78 is 40.8. The molecule has 0 atom stereocenters. The van der Waals surface area contributed by atoms with Gasteiger partial charge >= 0.3 is 6.18 Å². The van der Waals surface area contributed by atoms with E-state index in [9.17, 15) is 18.0 Å². The fourth-order valence-electron chi connectivity index (χ4n) is 2.92. The summed E-state index contributed by atoms with van der Waals surface area (Å²) in [5, 5.41) is 0. The minimum atomic E-state index is -4.51. The maximum absolute atomic E-state index is 13.6. The van der Waals surface area contributed by atoms with Crippen molar-refractivity contribution >= 4 is 11.7 Å². The maximum atomic E-state index is 13.6. The Labute approximate surface area is 149 Å². The molecule has 0 aliphatic carbocycles. The summed E-state index contributed by atoms with van der Waals surface area (Å²) in [5.74, 6) is -0.626. The Balaban J connectivity index is 1.97. The largest absolute Gasteiger partial charge is 0.419 e. The third-order valence-corrected chi connectivity index (χ3v) is 4.48. The number of pyridine rings is 1. The third-order valence-electron chi connectivity index (χ3n) is 4.48. The number of aromatic nitrogens is 1. The van der Waals surface area contributed by atoms with Gasteiger partial charge in [0.2, 0.25) is 5.91 Å². The van der Waals surface area contributed by atoms with Gasteiger partial charge in [-0.05, 0) is 30.8 Å². The Morgan fingerprint density at radius 1 is 1.08 bits per heavy atom. The molecule has 2 heterocycles. The monoisotopic (exact) mass is 364 g/mol. The zero-order valence-corrected chi connectivity index (χ0v) is 14.3. The van der Waals surface area contributed by atoms with Crippen molar-refractivity contribution in [2.75, 3.05) is 38.1 Å². The fraction of sp³-hybridized carbons (Fsp3) is 0.333. The van der Waals surface area contributed by atoms with Crippen LogP contribution in [0.25, 0.3) is 11.1 Å². The van der Waals surface area contributed by atoms with Crippen LogP contribution in [-0.2, 0) is 6.18 Å². The van der Waals surface area contributed by atoms with E-state index in [2.05, 4.69) is 9.88 Å². The van der Waals surface area contributed by atoms with Crippen molar-refractivity contribution in [2.24, 2.45) is 5.73 Å². The normalized spacial score (nSPS) is 15.9. The molecule has 2 aromatic rings. The van der Waals surface area contributed by atoms with Crippen LogP contribution in [0.1, 0.15) is 15.9 Å². The number of hydrogen-bond acceptors (Lipinski definition) is 4. The van der Waals surface area contributed by atoms with Crippen LogP contribution in [-0.4, -0.2) is 49.0 Å². The zero-order chi connectivity index (χ0) is 18.9. The van der Waals surface area contributed by atoms with Crippen LogP contribution in [0.2, 0.25) is 0 Å². The second-order valence-electron chi connectivity index (χ2n) is 6.32. The topological polar surface area (TPSA) is 62.5 Å². The number of halogens is 3. The number of benzene rings is 1. The van der Waals surface area contributed by atoms with Crippen LogP contribution in [0.15, 0.2) is 36.5 Å². The zero-order valence-electron chi connectivity index (χ0n) is 14.3. The van der Waals surface area contributed by atoms with Crippen LogP contribution in [0, 0.1) is 0 Å². The van der Waals surface area contributed by atoms with Crippen molar-refractivity contribution in [1.29, 1.82) is 0 Å². The molecule has 0 bridgehead atoms. The van der Waals surface area contributed by atoms with E-state index in [1.54, 1.807) is 17.0 Å².